The van der Waals surface area contributed by atoms with E-state index in [0.29, 0.717) is 17.7 Å². The molecule has 0 aromatic heterocycles. The van der Waals surface area contributed by atoms with Crippen molar-refractivity contribution < 1.29 is 13.2 Å². The van der Waals surface area contributed by atoms with Gasteiger partial charge in [0.05, 0.1) is 10.1 Å². The monoisotopic (exact) mass is 321 g/mol. The smallest absolute Gasteiger partial charge is 0.225 e. The molecule has 0 N–H and O–H groups in total. The summed E-state index contributed by atoms with van der Waals surface area (Å²) < 4.78 is 25.6. The van der Waals surface area contributed by atoms with E-state index in [1.165, 1.54) is 0 Å². The first-order valence-corrected chi connectivity index (χ1v) is 9.57. The molecule has 4 nitrogen and oxygen atoms in total. The highest BCUT2D eigenvalue weighted by Crippen LogP contribution is 2.40. The molecule has 120 valence electrons. The van der Waals surface area contributed by atoms with Crippen molar-refractivity contribution in [1.29, 1.82) is 0 Å². The van der Waals surface area contributed by atoms with Crippen molar-refractivity contribution in [3.63, 3.8) is 0 Å². The molecule has 1 amide bonds. The highest BCUT2D eigenvalue weighted by atomic mass is 32.2. The Kier molecular flexibility index (Phi) is 4.02. The predicted molar refractivity (Wildman–Crippen MR) is 85.1 cm³/mol. The quantitative estimate of drug-likeness (QED) is 0.860. The summed E-state index contributed by atoms with van der Waals surface area (Å²) in [4.78, 5) is 14.7. The number of sulfone groups is 1. The Morgan fingerprint density at radius 2 is 1.64 bits per heavy atom. The Bertz CT molecular complexity index is 640. The molecule has 2 fully saturated rings. The second-order valence-corrected chi connectivity index (χ2v) is 8.96. The lowest BCUT2D eigenvalue weighted by Crippen LogP contribution is -2.50. The number of benzene rings is 1. The van der Waals surface area contributed by atoms with Crippen LogP contribution in [0.3, 0.4) is 0 Å². The van der Waals surface area contributed by atoms with Crippen LogP contribution in [0.2, 0.25) is 0 Å². The van der Waals surface area contributed by atoms with Crippen LogP contribution in [0, 0.1) is 5.92 Å². The van der Waals surface area contributed by atoms with E-state index in [0.717, 1.165) is 12.8 Å². The third-order valence-corrected chi connectivity index (χ3v) is 7.14. The molecule has 1 aromatic carbocycles. The van der Waals surface area contributed by atoms with Crippen LogP contribution in [0.4, 0.5) is 0 Å². The summed E-state index contributed by atoms with van der Waals surface area (Å²) >= 11 is 0. The van der Waals surface area contributed by atoms with Gasteiger partial charge in [-0.15, -0.1) is 0 Å². The zero-order chi connectivity index (χ0) is 15.9. The number of amides is 1. The molecule has 2 saturated heterocycles. The molecule has 0 aliphatic carbocycles. The van der Waals surface area contributed by atoms with E-state index in [9.17, 15) is 13.2 Å². The maximum Gasteiger partial charge on any atom is 0.225 e. The summed E-state index contributed by atoms with van der Waals surface area (Å²) in [5.74, 6) is 0.147. The Balaban J connectivity index is 1.83. The highest BCUT2D eigenvalue weighted by Gasteiger charge is 2.47. The minimum atomic E-state index is -3.30. The van der Waals surface area contributed by atoms with Gasteiger partial charge in [-0.2, -0.15) is 0 Å². The first-order chi connectivity index (χ1) is 10.4. The van der Waals surface area contributed by atoms with E-state index in [1.54, 1.807) is 24.3 Å². The van der Waals surface area contributed by atoms with Gasteiger partial charge in [-0.1, -0.05) is 32.0 Å². The maximum absolute atomic E-state index is 12.8. The van der Waals surface area contributed by atoms with E-state index in [4.69, 9.17) is 0 Å². The van der Waals surface area contributed by atoms with Gasteiger partial charge >= 0.3 is 0 Å². The van der Waals surface area contributed by atoms with Crippen molar-refractivity contribution in [3.8, 4) is 0 Å². The van der Waals surface area contributed by atoms with Gasteiger partial charge in [0.15, 0.2) is 9.84 Å². The van der Waals surface area contributed by atoms with Gasteiger partial charge in [0.1, 0.15) is 0 Å². The van der Waals surface area contributed by atoms with Crippen LogP contribution in [0.1, 0.15) is 39.5 Å². The zero-order valence-corrected chi connectivity index (χ0v) is 13.9. The number of carbonyl (C=O) groups excluding carboxylic acids is 1. The minimum absolute atomic E-state index is 0.0228. The predicted octanol–water partition coefficient (Wildman–Crippen LogP) is 2.64. The number of hydrogen-bond donors (Lipinski definition) is 0. The fourth-order valence-electron chi connectivity index (χ4n) is 3.84. The van der Waals surface area contributed by atoms with Gasteiger partial charge in [-0.25, -0.2) is 8.42 Å². The number of piperidine rings is 1. The molecule has 2 aliphatic heterocycles. The van der Waals surface area contributed by atoms with Gasteiger partial charge in [0.25, 0.3) is 0 Å². The van der Waals surface area contributed by atoms with Crippen molar-refractivity contribution in [2.45, 2.75) is 61.8 Å². The molecule has 3 rings (SSSR count). The van der Waals surface area contributed by atoms with Crippen LogP contribution < -0.4 is 0 Å². The summed E-state index contributed by atoms with van der Waals surface area (Å²) in [6.45, 7) is 3.82. The molecule has 22 heavy (non-hydrogen) atoms. The van der Waals surface area contributed by atoms with Crippen LogP contribution >= 0.6 is 0 Å². The van der Waals surface area contributed by atoms with Crippen LogP contribution in [-0.4, -0.2) is 36.6 Å². The summed E-state index contributed by atoms with van der Waals surface area (Å²) in [5.41, 5.74) is 0. The molecular formula is C17H23NO3S. The van der Waals surface area contributed by atoms with E-state index >= 15 is 0 Å². The largest absolute Gasteiger partial charge is 0.336 e. The Morgan fingerprint density at radius 1 is 1.09 bits per heavy atom. The van der Waals surface area contributed by atoms with Gasteiger partial charge in [-0.3, -0.25) is 4.79 Å². The van der Waals surface area contributed by atoms with Crippen molar-refractivity contribution >= 4 is 15.7 Å². The Hall–Kier alpha value is -1.36. The second kappa shape index (κ2) is 5.69. The van der Waals surface area contributed by atoms with E-state index < -0.39 is 9.84 Å². The molecule has 0 radical (unpaired) electrons. The van der Waals surface area contributed by atoms with Gasteiger partial charge in [0, 0.05) is 18.0 Å². The third kappa shape index (κ3) is 2.56. The van der Waals surface area contributed by atoms with E-state index in [1.807, 2.05) is 24.8 Å². The number of hydrogen-bond acceptors (Lipinski definition) is 3. The Morgan fingerprint density at radius 3 is 2.14 bits per heavy atom. The van der Waals surface area contributed by atoms with Crippen LogP contribution in [0.15, 0.2) is 35.2 Å². The number of carbonyl (C=O) groups is 1. The molecule has 0 spiro atoms. The molecule has 2 unspecified atom stereocenters. The number of rotatable bonds is 3. The summed E-state index contributed by atoms with van der Waals surface area (Å²) in [6, 6.07) is 8.88. The van der Waals surface area contributed by atoms with Crippen molar-refractivity contribution in [2.24, 2.45) is 5.92 Å². The summed E-state index contributed by atoms with van der Waals surface area (Å²) in [6.07, 6.45) is 3.02. The molecular weight excluding hydrogens is 298 g/mol. The topological polar surface area (TPSA) is 54.5 Å². The maximum atomic E-state index is 12.8. The average Bonchev–Trinajstić information content (AvgIpc) is 2.76. The normalized spacial score (nSPS) is 28.1. The second-order valence-electron chi connectivity index (χ2n) is 6.74. The number of fused-ring (bicyclic) bond motifs is 2. The van der Waals surface area contributed by atoms with E-state index in [-0.39, 0.29) is 29.2 Å². The first-order valence-electron chi connectivity index (χ1n) is 8.02. The number of nitrogens with zero attached hydrogens (tertiary/aromatic N) is 1. The van der Waals surface area contributed by atoms with Crippen molar-refractivity contribution in [3.05, 3.63) is 30.3 Å². The molecule has 2 aliphatic rings. The van der Waals surface area contributed by atoms with Crippen molar-refractivity contribution in [2.75, 3.05) is 0 Å². The Labute approximate surface area is 132 Å². The fourth-order valence-corrected chi connectivity index (χ4v) is 5.71. The highest BCUT2D eigenvalue weighted by molar-refractivity contribution is 7.92. The lowest BCUT2D eigenvalue weighted by atomic mass is 10.00. The lowest BCUT2D eigenvalue weighted by Gasteiger charge is -2.39. The molecule has 5 heteroatoms. The van der Waals surface area contributed by atoms with Crippen LogP contribution in [-0.2, 0) is 14.6 Å². The van der Waals surface area contributed by atoms with Crippen molar-refractivity contribution in [1.82, 2.24) is 4.90 Å². The summed E-state index contributed by atoms with van der Waals surface area (Å²) in [7, 11) is -3.30. The SMILES string of the molecule is CC(C)C(=O)N1C2CCC1CC(S(=O)(=O)c1ccccc1)C2. The molecule has 1 aromatic rings. The molecule has 2 heterocycles. The van der Waals surface area contributed by atoms with Crippen LogP contribution in [0.5, 0.6) is 0 Å². The molecule has 0 saturated carbocycles. The van der Waals surface area contributed by atoms with Gasteiger partial charge in [-0.05, 0) is 37.8 Å². The molecule has 2 bridgehead atoms. The van der Waals surface area contributed by atoms with Crippen LogP contribution in [0.25, 0.3) is 0 Å². The standard InChI is InChI=1S/C17H23NO3S/c1-12(2)17(19)18-13-8-9-14(18)11-16(10-13)22(20,21)15-6-4-3-5-7-15/h3-7,12-14,16H,8-11H2,1-2H3. The first kappa shape index (κ1) is 15.5. The van der Waals surface area contributed by atoms with E-state index in [2.05, 4.69) is 0 Å². The van der Waals surface area contributed by atoms with Gasteiger partial charge < -0.3 is 4.90 Å². The average molecular weight is 321 g/mol. The zero-order valence-electron chi connectivity index (χ0n) is 13.1. The third-order valence-electron chi connectivity index (χ3n) is 4.95. The lowest BCUT2D eigenvalue weighted by molar-refractivity contribution is -0.138. The summed E-state index contributed by atoms with van der Waals surface area (Å²) in [5, 5.41) is -0.358. The fraction of sp³-hybridized carbons (Fsp3) is 0.588. The van der Waals surface area contributed by atoms with Gasteiger partial charge in [0.2, 0.25) is 5.91 Å². The molecule has 2 atom stereocenters. The minimum Gasteiger partial charge on any atom is -0.336 e.